The van der Waals surface area contributed by atoms with Crippen LogP contribution in [0.3, 0.4) is 0 Å². The predicted molar refractivity (Wildman–Crippen MR) is 51.8 cm³/mol. The van der Waals surface area contributed by atoms with E-state index >= 15 is 0 Å². The first-order valence-electron chi connectivity index (χ1n) is 4.33. The maximum absolute atomic E-state index is 13.0. The van der Waals surface area contributed by atoms with Crippen molar-refractivity contribution in [2.24, 2.45) is 0 Å². The highest BCUT2D eigenvalue weighted by molar-refractivity contribution is 5.61. The Hall–Kier alpha value is -1.65. The fraction of sp³-hybridized carbons (Fsp3) is 0.333. The first-order chi connectivity index (χ1) is 6.66. The molecular formula is C9H11FN2O2. The molecule has 5 heteroatoms. The number of benzene rings is 1. The molecule has 1 aromatic rings. The molecule has 14 heavy (non-hydrogen) atoms. The van der Waals surface area contributed by atoms with Crippen molar-refractivity contribution in [1.82, 2.24) is 0 Å². The molecule has 76 valence electrons. The molecule has 0 radical (unpaired) electrons. The van der Waals surface area contributed by atoms with Gasteiger partial charge in [-0.15, -0.1) is 0 Å². The third-order valence-corrected chi connectivity index (χ3v) is 1.73. The number of nitrogens with one attached hydrogen (secondary N) is 1. The van der Waals surface area contributed by atoms with Crippen molar-refractivity contribution in [1.29, 1.82) is 0 Å². The molecule has 0 fully saturated rings. The molecule has 0 heterocycles. The minimum Gasteiger partial charge on any atom is -0.379 e. The van der Waals surface area contributed by atoms with E-state index in [4.69, 9.17) is 0 Å². The summed E-state index contributed by atoms with van der Waals surface area (Å²) in [6, 6.07) is 4.02. The Morgan fingerprint density at radius 1 is 1.57 bits per heavy atom. The van der Waals surface area contributed by atoms with Gasteiger partial charge in [0.1, 0.15) is 5.69 Å². The van der Waals surface area contributed by atoms with Crippen LogP contribution in [0.2, 0.25) is 0 Å². The first kappa shape index (κ1) is 10.4. The number of para-hydroxylation sites is 1. The summed E-state index contributed by atoms with van der Waals surface area (Å²) in [5.41, 5.74) is -0.252. The van der Waals surface area contributed by atoms with Gasteiger partial charge in [0.2, 0.25) is 5.82 Å². The van der Waals surface area contributed by atoms with Crippen LogP contribution in [0.5, 0.6) is 0 Å². The molecule has 4 nitrogen and oxygen atoms in total. The largest absolute Gasteiger partial charge is 0.379 e. The number of nitro groups is 1. The van der Waals surface area contributed by atoms with Crippen LogP contribution in [0.15, 0.2) is 18.2 Å². The molecule has 0 spiro atoms. The minimum atomic E-state index is -0.809. The van der Waals surface area contributed by atoms with E-state index in [1.54, 1.807) is 0 Å². The van der Waals surface area contributed by atoms with E-state index in [2.05, 4.69) is 5.32 Å². The summed E-state index contributed by atoms with van der Waals surface area (Å²) in [7, 11) is 0. The highest BCUT2D eigenvalue weighted by Gasteiger charge is 2.18. The van der Waals surface area contributed by atoms with Gasteiger partial charge >= 0.3 is 5.69 Å². The number of nitrogens with zero attached hydrogens (tertiary/aromatic N) is 1. The normalized spacial score (nSPS) is 9.86. The van der Waals surface area contributed by atoms with Gasteiger partial charge in [0, 0.05) is 6.54 Å². The van der Waals surface area contributed by atoms with Crippen LogP contribution in [0, 0.1) is 15.9 Å². The Morgan fingerprint density at radius 2 is 2.29 bits per heavy atom. The molecular weight excluding hydrogens is 187 g/mol. The fourth-order valence-corrected chi connectivity index (χ4v) is 1.10. The molecule has 1 rings (SSSR count). The third-order valence-electron chi connectivity index (χ3n) is 1.73. The molecule has 0 saturated carbocycles. The second kappa shape index (κ2) is 4.55. The van der Waals surface area contributed by atoms with Crippen LogP contribution >= 0.6 is 0 Å². The van der Waals surface area contributed by atoms with Crippen molar-refractivity contribution in [2.75, 3.05) is 11.9 Å². The van der Waals surface area contributed by atoms with E-state index in [0.717, 1.165) is 12.5 Å². The second-order valence-electron chi connectivity index (χ2n) is 2.82. The Bertz CT molecular complexity index is 342. The zero-order chi connectivity index (χ0) is 10.6. The maximum atomic E-state index is 13.0. The topological polar surface area (TPSA) is 55.2 Å². The monoisotopic (exact) mass is 198 g/mol. The standard InChI is InChI=1S/C9H11FN2O2/c1-2-6-11-8-5-3-4-7(10)9(8)12(13)14/h3-5,11H,2,6H2,1H3. The van der Waals surface area contributed by atoms with E-state index in [9.17, 15) is 14.5 Å². The number of hydrogen-bond donors (Lipinski definition) is 1. The van der Waals surface area contributed by atoms with Gasteiger partial charge < -0.3 is 5.32 Å². The third kappa shape index (κ3) is 2.18. The van der Waals surface area contributed by atoms with Crippen molar-refractivity contribution in [3.63, 3.8) is 0 Å². The lowest BCUT2D eigenvalue weighted by Crippen LogP contribution is -2.04. The lowest BCUT2D eigenvalue weighted by Gasteiger charge is -2.05. The summed E-state index contributed by atoms with van der Waals surface area (Å²) in [5, 5.41) is 13.3. The van der Waals surface area contributed by atoms with Gasteiger partial charge in [0.25, 0.3) is 0 Å². The molecule has 0 bridgehead atoms. The quantitative estimate of drug-likeness (QED) is 0.597. The zero-order valence-electron chi connectivity index (χ0n) is 7.79. The molecule has 0 aliphatic heterocycles. The van der Waals surface area contributed by atoms with Crippen molar-refractivity contribution in [3.8, 4) is 0 Å². The van der Waals surface area contributed by atoms with Crippen molar-refractivity contribution >= 4 is 11.4 Å². The highest BCUT2D eigenvalue weighted by Crippen LogP contribution is 2.26. The summed E-state index contributed by atoms with van der Waals surface area (Å²) < 4.78 is 13.0. The van der Waals surface area contributed by atoms with Gasteiger partial charge in [-0.3, -0.25) is 10.1 Å². The smallest absolute Gasteiger partial charge is 0.327 e. The lowest BCUT2D eigenvalue weighted by molar-refractivity contribution is -0.386. The van der Waals surface area contributed by atoms with E-state index < -0.39 is 16.4 Å². The van der Waals surface area contributed by atoms with Crippen LogP contribution in [0.25, 0.3) is 0 Å². The zero-order valence-corrected chi connectivity index (χ0v) is 7.79. The molecule has 0 aliphatic carbocycles. The molecule has 1 aromatic carbocycles. The second-order valence-corrected chi connectivity index (χ2v) is 2.82. The van der Waals surface area contributed by atoms with Crippen LogP contribution < -0.4 is 5.32 Å². The average Bonchev–Trinajstić information content (AvgIpc) is 2.14. The average molecular weight is 198 g/mol. The van der Waals surface area contributed by atoms with Crippen molar-refractivity contribution in [3.05, 3.63) is 34.1 Å². The van der Waals surface area contributed by atoms with E-state index in [-0.39, 0.29) is 5.69 Å². The summed E-state index contributed by atoms with van der Waals surface area (Å²) in [6.07, 6.45) is 0.827. The van der Waals surface area contributed by atoms with Crippen LogP contribution in [0.4, 0.5) is 15.8 Å². The van der Waals surface area contributed by atoms with Gasteiger partial charge in [-0.05, 0) is 18.6 Å². The Labute approximate surface area is 80.9 Å². The van der Waals surface area contributed by atoms with E-state index in [0.29, 0.717) is 6.54 Å². The molecule has 1 N–H and O–H groups in total. The van der Waals surface area contributed by atoms with Gasteiger partial charge in [-0.1, -0.05) is 13.0 Å². The minimum absolute atomic E-state index is 0.233. The predicted octanol–water partition coefficient (Wildman–Crippen LogP) is 2.56. The highest BCUT2D eigenvalue weighted by atomic mass is 19.1. The number of nitro benzene ring substituents is 1. The summed E-state index contributed by atoms with van der Waals surface area (Å²) in [5.74, 6) is -0.809. The maximum Gasteiger partial charge on any atom is 0.327 e. The van der Waals surface area contributed by atoms with Gasteiger partial charge in [-0.2, -0.15) is 4.39 Å². The van der Waals surface area contributed by atoms with Crippen molar-refractivity contribution in [2.45, 2.75) is 13.3 Å². The fourth-order valence-electron chi connectivity index (χ4n) is 1.10. The van der Waals surface area contributed by atoms with E-state index in [1.807, 2.05) is 6.92 Å². The lowest BCUT2D eigenvalue weighted by atomic mass is 10.2. The molecule has 0 amide bonds. The van der Waals surface area contributed by atoms with Gasteiger partial charge in [0.15, 0.2) is 0 Å². The van der Waals surface area contributed by atoms with Crippen LogP contribution in [0.1, 0.15) is 13.3 Å². The molecule has 0 aliphatic rings. The first-order valence-corrected chi connectivity index (χ1v) is 4.33. The SMILES string of the molecule is CCCNc1cccc(F)c1[N+](=O)[O-]. The number of rotatable bonds is 4. The summed E-state index contributed by atoms with van der Waals surface area (Å²) in [4.78, 5) is 9.82. The van der Waals surface area contributed by atoms with Crippen LogP contribution in [-0.2, 0) is 0 Å². The Balaban J connectivity index is 3.02. The molecule has 0 aromatic heterocycles. The summed E-state index contributed by atoms with van der Waals surface area (Å²) >= 11 is 0. The number of anilines is 1. The molecule has 0 unspecified atom stereocenters. The van der Waals surface area contributed by atoms with Gasteiger partial charge in [0.05, 0.1) is 4.92 Å². The number of halogens is 1. The van der Waals surface area contributed by atoms with E-state index in [1.165, 1.54) is 12.1 Å². The molecule has 0 atom stereocenters. The number of hydrogen-bond acceptors (Lipinski definition) is 3. The van der Waals surface area contributed by atoms with Gasteiger partial charge in [-0.25, -0.2) is 0 Å². The van der Waals surface area contributed by atoms with Crippen LogP contribution in [-0.4, -0.2) is 11.5 Å². The van der Waals surface area contributed by atoms with Crippen molar-refractivity contribution < 1.29 is 9.31 Å². The summed E-state index contributed by atoms with van der Waals surface area (Å²) in [6.45, 7) is 2.52. The molecule has 0 saturated heterocycles. The Kier molecular flexibility index (Phi) is 3.39. The Morgan fingerprint density at radius 3 is 2.86 bits per heavy atom.